The molecule has 0 atom stereocenters. The molecule has 19 heavy (non-hydrogen) atoms. The van der Waals surface area contributed by atoms with Crippen LogP contribution in [0.5, 0.6) is 17.2 Å². The molecule has 110 valence electrons. The zero-order valence-corrected chi connectivity index (χ0v) is 12.3. The highest BCUT2D eigenvalue weighted by Crippen LogP contribution is 2.35. The standard InChI is InChI=1S/C9H11NO4.C3H8.C2H6/c1-2-10-9(14)5-3-6(11)8(13)7(12)4-5;1-3-2;1-2/h3-4,11-13H,2H2,1H3,(H,10,14);3H2,1-2H3;1-2H3. The molecule has 0 aliphatic rings. The first kappa shape index (κ1) is 19.4. The van der Waals surface area contributed by atoms with Crippen LogP contribution in [0.4, 0.5) is 0 Å². The van der Waals surface area contributed by atoms with Crippen LogP contribution < -0.4 is 5.32 Å². The number of phenols is 3. The number of hydrogen-bond acceptors (Lipinski definition) is 4. The van der Waals surface area contributed by atoms with Gasteiger partial charge in [-0.05, 0) is 19.1 Å². The smallest absolute Gasteiger partial charge is 0.251 e. The van der Waals surface area contributed by atoms with Gasteiger partial charge in [0.25, 0.3) is 5.91 Å². The highest BCUT2D eigenvalue weighted by atomic mass is 16.3. The van der Waals surface area contributed by atoms with E-state index in [0.717, 1.165) is 12.1 Å². The van der Waals surface area contributed by atoms with Crippen molar-refractivity contribution in [3.05, 3.63) is 17.7 Å². The molecular formula is C14H25NO4. The van der Waals surface area contributed by atoms with Crippen molar-refractivity contribution < 1.29 is 20.1 Å². The lowest BCUT2D eigenvalue weighted by Crippen LogP contribution is -2.22. The van der Waals surface area contributed by atoms with Crippen LogP contribution in [-0.4, -0.2) is 27.8 Å². The lowest BCUT2D eigenvalue weighted by Gasteiger charge is -2.05. The molecule has 0 unspecified atom stereocenters. The van der Waals surface area contributed by atoms with E-state index in [1.807, 2.05) is 13.8 Å². The van der Waals surface area contributed by atoms with Crippen LogP contribution in [-0.2, 0) is 0 Å². The molecule has 0 aromatic heterocycles. The molecule has 1 rings (SSSR count). The third-order valence-corrected chi connectivity index (χ3v) is 1.67. The van der Waals surface area contributed by atoms with Crippen LogP contribution in [0.25, 0.3) is 0 Å². The van der Waals surface area contributed by atoms with E-state index < -0.39 is 23.2 Å². The molecule has 0 radical (unpaired) electrons. The van der Waals surface area contributed by atoms with Gasteiger partial charge in [-0.2, -0.15) is 0 Å². The summed E-state index contributed by atoms with van der Waals surface area (Å²) in [6.07, 6.45) is 1.25. The van der Waals surface area contributed by atoms with E-state index >= 15 is 0 Å². The number of benzene rings is 1. The van der Waals surface area contributed by atoms with Gasteiger partial charge < -0.3 is 20.6 Å². The second-order valence-corrected chi connectivity index (χ2v) is 3.43. The summed E-state index contributed by atoms with van der Waals surface area (Å²) in [6, 6.07) is 2.17. The van der Waals surface area contributed by atoms with E-state index in [0.29, 0.717) is 6.54 Å². The Bertz CT molecular complexity index is 355. The van der Waals surface area contributed by atoms with Crippen molar-refractivity contribution in [1.29, 1.82) is 0 Å². The summed E-state index contributed by atoms with van der Waals surface area (Å²) in [5.74, 6) is -2.09. The number of carbonyl (C=O) groups is 1. The van der Waals surface area contributed by atoms with E-state index in [1.165, 1.54) is 6.42 Å². The monoisotopic (exact) mass is 271 g/mol. The van der Waals surface area contributed by atoms with Crippen molar-refractivity contribution in [3.63, 3.8) is 0 Å². The maximum Gasteiger partial charge on any atom is 0.251 e. The third kappa shape index (κ3) is 7.18. The summed E-state index contributed by atoms with van der Waals surface area (Å²) in [7, 11) is 0. The van der Waals surface area contributed by atoms with Gasteiger partial charge in [-0.1, -0.05) is 34.1 Å². The number of rotatable bonds is 2. The van der Waals surface area contributed by atoms with Crippen LogP contribution in [0.15, 0.2) is 12.1 Å². The molecule has 1 aromatic carbocycles. The molecule has 0 bridgehead atoms. The minimum Gasteiger partial charge on any atom is -0.504 e. The van der Waals surface area contributed by atoms with Crippen LogP contribution in [0.3, 0.4) is 0 Å². The van der Waals surface area contributed by atoms with Gasteiger partial charge >= 0.3 is 0 Å². The van der Waals surface area contributed by atoms with Crippen LogP contribution in [0.2, 0.25) is 0 Å². The summed E-state index contributed by atoms with van der Waals surface area (Å²) < 4.78 is 0. The minimum atomic E-state index is -0.627. The predicted octanol–water partition coefficient (Wildman–Crippen LogP) is 3.00. The van der Waals surface area contributed by atoms with E-state index in [9.17, 15) is 4.79 Å². The first-order chi connectivity index (χ1) is 8.97. The SMILES string of the molecule is CC.CCC.CCNC(=O)c1cc(O)c(O)c(O)c1. The highest BCUT2D eigenvalue weighted by Gasteiger charge is 2.12. The number of carbonyl (C=O) groups excluding carboxylic acids is 1. The fourth-order valence-electron chi connectivity index (χ4n) is 0.998. The van der Waals surface area contributed by atoms with Gasteiger partial charge in [0.1, 0.15) is 0 Å². The highest BCUT2D eigenvalue weighted by molar-refractivity contribution is 5.95. The van der Waals surface area contributed by atoms with Crippen molar-refractivity contribution in [2.24, 2.45) is 0 Å². The number of hydrogen-bond donors (Lipinski definition) is 4. The molecule has 1 aromatic rings. The van der Waals surface area contributed by atoms with Crippen LogP contribution >= 0.6 is 0 Å². The quantitative estimate of drug-likeness (QED) is 0.622. The minimum absolute atomic E-state index is 0.0969. The number of nitrogens with one attached hydrogen (secondary N) is 1. The van der Waals surface area contributed by atoms with Crippen molar-refractivity contribution in [2.75, 3.05) is 6.54 Å². The topological polar surface area (TPSA) is 89.8 Å². The molecule has 5 heteroatoms. The summed E-state index contributed by atoms with van der Waals surface area (Å²) in [5.41, 5.74) is 0.0969. The van der Waals surface area contributed by atoms with Gasteiger partial charge in [0.05, 0.1) is 0 Å². The average Bonchev–Trinajstić information content (AvgIpc) is 2.39. The summed E-state index contributed by atoms with van der Waals surface area (Å²) in [5, 5.41) is 29.7. The predicted molar refractivity (Wildman–Crippen MR) is 76.8 cm³/mol. The Morgan fingerprint density at radius 2 is 1.42 bits per heavy atom. The molecule has 0 aliphatic carbocycles. The maximum absolute atomic E-state index is 11.2. The molecular weight excluding hydrogens is 246 g/mol. The van der Waals surface area contributed by atoms with Gasteiger partial charge in [0.15, 0.2) is 17.2 Å². The molecule has 1 amide bonds. The number of aromatic hydroxyl groups is 3. The molecule has 0 heterocycles. The second-order valence-electron chi connectivity index (χ2n) is 3.43. The van der Waals surface area contributed by atoms with E-state index in [1.54, 1.807) is 6.92 Å². The first-order valence-corrected chi connectivity index (χ1v) is 6.50. The Morgan fingerprint density at radius 3 is 1.74 bits per heavy atom. The Balaban J connectivity index is 0. The molecule has 0 saturated heterocycles. The molecule has 5 nitrogen and oxygen atoms in total. The Morgan fingerprint density at radius 1 is 1.05 bits per heavy atom. The molecule has 4 N–H and O–H groups in total. The Hall–Kier alpha value is -1.91. The number of phenolic OH excluding ortho intramolecular Hbond substituents is 3. The van der Waals surface area contributed by atoms with Gasteiger partial charge in [-0.15, -0.1) is 0 Å². The largest absolute Gasteiger partial charge is 0.504 e. The lowest BCUT2D eigenvalue weighted by atomic mass is 10.1. The van der Waals surface area contributed by atoms with Crippen molar-refractivity contribution in [3.8, 4) is 17.2 Å². The third-order valence-electron chi connectivity index (χ3n) is 1.67. The second kappa shape index (κ2) is 11.2. The molecule has 0 saturated carbocycles. The fourth-order valence-corrected chi connectivity index (χ4v) is 0.998. The summed E-state index contributed by atoms with van der Waals surface area (Å²) in [4.78, 5) is 11.2. The Labute approximate surface area is 114 Å². The lowest BCUT2D eigenvalue weighted by molar-refractivity contribution is 0.0955. The molecule has 0 spiro atoms. The zero-order chi connectivity index (χ0) is 15.4. The fraction of sp³-hybridized carbons (Fsp3) is 0.500. The maximum atomic E-state index is 11.2. The summed E-state index contributed by atoms with van der Waals surface area (Å²) in [6.45, 7) is 10.4. The zero-order valence-electron chi connectivity index (χ0n) is 12.3. The van der Waals surface area contributed by atoms with Crippen molar-refractivity contribution in [2.45, 2.75) is 41.0 Å². The van der Waals surface area contributed by atoms with E-state index in [2.05, 4.69) is 19.2 Å². The first-order valence-electron chi connectivity index (χ1n) is 6.50. The van der Waals surface area contributed by atoms with Crippen molar-refractivity contribution >= 4 is 5.91 Å². The Kier molecular flexibility index (Phi) is 11.4. The van der Waals surface area contributed by atoms with E-state index in [-0.39, 0.29) is 5.56 Å². The van der Waals surface area contributed by atoms with Gasteiger partial charge in [-0.25, -0.2) is 0 Å². The van der Waals surface area contributed by atoms with Crippen molar-refractivity contribution in [1.82, 2.24) is 5.32 Å². The van der Waals surface area contributed by atoms with Gasteiger partial charge in [0, 0.05) is 12.1 Å². The van der Waals surface area contributed by atoms with Crippen LogP contribution in [0.1, 0.15) is 51.4 Å². The molecule has 0 aliphatic heterocycles. The van der Waals surface area contributed by atoms with E-state index in [4.69, 9.17) is 15.3 Å². The molecule has 0 fully saturated rings. The average molecular weight is 271 g/mol. The normalized spacial score (nSPS) is 8.47. The van der Waals surface area contributed by atoms with Gasteiger partial charge in [-0.3, -0.25) is 4.79 Å². The summed E-state index contributed by atoms with van der Waals surface area (Å²) >= 11 is 0. The van der Waals surface area contributed by atoms with Gasteiger partial charge in [0.2, 0.25) is 0 Å². The van der Waals surface area contributed by atoms with Crippen LogP contribution in [0, 0.1) is 0 Å². The number of amides is 1.